The number of rotatable bonds is 5. The van der Waals surface area contributed by atoms with Crippen LogP contribution in [0.25, 0.3) is 11.1 Å². The predicted octanol–water partition coefficient (Wildman–Crippen LogP) is 6.09. The van der Waals surface area contributed by atoms with Gasteiger partial charge in [0.25, 0.3) is 0 Å². The van der Waals surface area contributed by atoms with Gasteiger partial charge < -0.3 is 9.47 Å². The molecule has 1 unspecified atom stereocenters. The number of benzene rings is 1. The Morgan fingerprint density at radius 1 is 1.24 bits per heavy atom. The molecule has 1 aromatic carbocycles. The van der Waals surface area contributed by atoms with Crippen molar-refractivity contribution in [2.24, 2.45) is 0 Å². The molecule has 1 atom stereocenters. The zero-order chi connectivity index (χ0) is 22.6. The molecule has 1 aromatic heterocycles. The van der Waals surface area contributed by atoms with Crippen molar-refractivity contribution in [2.75, 3.05) is 26.7 Å². The van der Waals surface area contributed by atoms with Gasteiger partial charge in [-0.15, -0.1) is 0 Å². The molecule has 3 heterocycles. The maximum atomic E-state index is 6.16. The summed E-state index contributed by atoms with van der Waals surface area (Å²) in [4.78, 5) is 6.98. The van der Waals surface area contributed by atoms with Crippen LogP contribution in [0.2, 0.25) is 5.02 Å². The van der Waals surface area contributed by atoms with E-state index in [9.17, 15) is 0 Å². The maximum Gasteiger partial charge on any atom is 0.227 e. The molecule has 5 heteroatoms. The molecule has 4 nitrogen and oxygen atoms in total. The van der Waals surface area contributed by atoms with Crippen LogP contribution in [0.5, 0.6) is 5.88 Å². The van der Waals surface area contributed by atoms with Crippen molar-refractivity contribution in [3.63, 3.8) is 0 Å². The summed E-state index contributed by atoms with van der Waals surface area (Å²) in [6.07, 6.45) is 16.5. The Hall–Kier alpha value is -2.92. The van der Waals surface area contributed by atoms with E-state index in [4.69, 9.17) is 21.1 Å². The largest absolute Gasteiger partial charge is 0.438 e. The molecule has 0 amide bonds. The number of methoxy groups -OCH3 is 1. The van der Waals surface area contributed by atoms with Crippen LogP contribution in [-0.2, 0) is 4.74 Å². The molecule has 168 valence electrons. The molecule has 0 spiro atoms. The van der Waals surface area contributed by atoms with Crippen LogP contribution in [0.1, 0.15) is 24.0 Å². The first kappa shape index (κ1) is 21.9. The van der Waals surface area contributed by atoms with Crippen LogP contribution in [0, 0.1) is 0 Å². The molecule has 3 aliphatic rings. The lowest BCUT2D eigenvalue weighted by atomic mass is 9.97. The minimum Gasteiger partial charge on any atom is -0.438 e. The van der Waals surface area contributed by atoms with Gasteiger partial charge in [0.2, 0.25) is 5.88 Å². The fourth-order valence-electron chi connectivity index (χ4n) is 4.49. The number of pyridine rings is 1. The van der Waals surface area contributed by atoms with Gasteiger partial charge in [-0.25, -0.2) is 4.98 Å². The second-order valence-corrected chi connectivity index (χ2v) is 8.80. The molecule has 0 fully saturated rings. The van der Waals surface area contributed by atoms with E-state index < -0.39 is 0 Å². The van der Waals surface area contributed by atoms with Crippen LogP contribution in [-0.4, -0.2) is 42.7 Å². The van der Waals surface area contributed by atoms with Crippen LogP contribution < -0.4 is 4.74 Å². The number of nitrogens with zero attached hydrogens (tertiary/aromatic N) is 2. The molecule has 2 aromatic rings. The number of hydrogen-bond acceptors (Lipinski definition) is 4. The Bertz CT molecular complexity index is 1170. The lowest BCUT2D eigenvalue weighted by Gasteiger charge is -2.26. The zero-order valence-electron chi connectivity index (χ0n) is 18.7. The van der Waals surface area contributed by atoms with Crippen molar-refractivity contribution in [2.45, 2.75) is 18.9 Å². The van der Waals surface area contributed by atoms with E-state index in [0.29, 0.717) is 5.88 Å². The van der Waals surface area contributed by atoms with E-state index in [2.05, 4.69) is 46.3 Å². The SMILES string of the molecule is COC1C=CC=C2Oc3ncccc3C(=CCCN3CC=C(c4ccc(Cl)cc4)CC3)C=C21. The van der Waals surface area contributed by atoms with Gasteiger partial charge in [-0.1, -0.05) is 48.0 Å². The summed E-state index contributed by atoms with van der Waals surface area (Å²) in [6, 6.07) is 12.2. The normalized spacial score (nSPS) is 21.3. The summed E-state index contributed by atoms with van der Waals surface area (Å²) >= 11 is 6.03. The average Bonchev–Trinajstić information content (AvgIpc) is 3.01. The van der Waals surface area contributed by atoms with Crippen LogP contribution in [0.3, 0.4) is 0 Å². The van der Waals surface area contributed by atoms with E-state index in [0.717, 1.165) is 60.0 Å². The molecule has 5 rings (SSSR count). The molecule has 0 saturated heterocycles. The van der Waals surface area contributed by atoms with Gasteiger partial charge in [-0.05, 0) is 66.0 Å². The highest BCUT2D eigenvalue weighted by atomic mass is 35.5. The van der Waals surface area contributed by atoms with E-state index in [-0.39, 0.29) is 6.10 Å². The Balaban J connectivity index is 1.31. The maximum absolute atomic E-state index is 6.16. The molecule has 0 N–H and O–H groups in total. The Morgan fingerprint density at radius 2 is 2.12 bits per heavy atom. The first-order chi connectivity index (χ1) is 16.2. The average molecular weight is 459 g/mol. The van der Waals surface area contributed by atoms with E-state index >= 15 is 0 Å². The highest BCUT2D eigenvalue weighted by Gasteiger charge is 2.25. The Morgan fingerprint density at radius 3 is 2.91 bits per heavy atom. The molecular weight excluding hydrogens is 432 g/mol. The highest BCUT2D eigenvalue weighted by Crippen LogP contribution is 2.36. The summed E-state index contributed by atoms with van der Waals surface area (Å²) < 4.78 is 11.8. The van der Waals surface area contributed by atoms with Gasteiger partial charge in [0, 0.05) is 49.1 Å². The van der Waals surface area contributed by atoms with Crippen LogP contribution in [0.4, 0.5) is 0 Å². The van der Waals surface area contributed by atoms with Crippen LogP contribution >= 0.6 is 11.6 Å². The summed E-state index contributed by atoms with van der Waals surface area (Å²) in [7, 11) is 1.72. The van der Waals surface area contributed by atoms with Gasteiger partial charge >= 0.3 is 0 Å². The fourth-order valence-corrected chi connectivity index (χ4v) is 4.61. The number of ether oxygens (including phenoxy) is 2. The smallest absolute Gasteiger partial charge is 0.227 e. The first-order valence-corrected chi connectivity index (χ1v) is 11.7. The van der Waals surface area contributed by atoms with Gasteiger partial charge in [-0.3, -0.25) is 4.90 Å². The zero-order valence-corrected chi connectivity index (χ0v) is 19.5. The van der Waals surface area contributed by atoms with Gasteiger partial charge in [0.1, 0.15) is 11.9 Å². The minimum atomic E-state index is -0.124. The topological polar surface area (TPSA) is 34.6 Å². The minimum absolute atomic E-state index is 0.124. The first-order valence-electron chi connectivity index (χ1n) is 11.4. The molecule has 1 aliphatic carbocycles. The van der Waals surface area contributed by atoms with Crippen LogP contribution in [0.15, 0.2) is 90.4 Å². The second kappa shape index (κ2) is 9.92. The molecule has 0 saturated carbocycles. The third kappa shape index (κ3) is 4.88. The lowest BCUT2D eigenvalue weighted by Crippen LogP contribution is -2.29. The molecule has 0 bridgehead atoms. The summed E-state index contributed by atoms with van der Waals surface area (Å²) in [6.45, 7) is 3.03. The molecular formula is C28H27ClN2O2. The van der Waals surface area contributed by atoms with Crippen molar-refractivity contribution >= 4 is 22.7 Å². The third-order valence-corrected chi connectivity index (χ3v) is 6.55. The van der Waals surface area contributed by atoms with Gasteiger partial charge in [-0.2, -0.15) is 0 Å². The fraction of sp³-hybridized carbons (Fsp3) is 0.250. The summed E-state index contributed by atoms with van der Waals surface area (Å²) in [5, 5.41) is 0.782. The van der Waals surface area contributed by atoms with Crippen molar-refractivity contribution in [1.82, 2.24) is 9.88 Å². The van der Waals surface area contributed by atoms with E-state index in [1.807, 2.05) is 36.4 Å². The lowest BCUT2D eigenvalue weighted by molar-refractivity contribution is 0.164. The van der Waals surface area contributed by atoms with E-state index in [1.165, 1.54) is 11.1 Å². The number of fused-ring (bicyclic) bond motifs is 2. The Kier molecular flexibility index (Phi) is 6.58. The van der Waals surface area contributed by atoms with Crippen molar-refractivity contribution in [3.8, 4) is 5.88 Å². The van der Waals surface area contributed by atoms with Crippen molar-refractivity contribution < 1.29 is 9.47 Å². The number of halogens is 1. The summed E-state index contributed by atoms with van der Waals surface area (Å²) in [5.74, 6) is 1.43. The quantitative estimate of drug-likeness (QED) is 0.543. The third-order valence-electron chi connectivity index (χ3n) is 6.30. The summed E-state index contributed by atoms with van der Waals surface area (Å²) in [5.41, 5.74) is 5.84. The number of aromatic nitrogens is 1. The molecule has 0 radical (unpaired) electrons. The van der Waals surface area contributed by atoms with Crippen molar-refractivity contribution in [1.29, 1.82) is 0 Å². The second-order valence-electron chi connectivity index (χ2n) is 8.36. The van der Waals surface area contributed by atoms with Crippen molar-refractivity contribution in [3.05, 3.63) is 107 Å². The van der Waals surface area contributed by atoms with Gasteiger partial charge in [0.15, 0.2) is 0 Å². The Labute approximate surface area is 200 Å². The number of hydrogen-bond donors (Lipinski definition) is 0. The molecule has 2 aliphatic heterocycles. The predicted molar refractivity (Wildman–Crippen MR) is 134 cm³/mol. The standard InChI is InChI=1S/C28H27ClN2O2/c1-32-26-7-2-8-27-25(26)19-22(24-6-3-15-30-28(24)33-27)5-4-16-31-17-13-21(14-18-31)20-9-11-23(29)12-10-20/h2-3,5-13,15,19,26H,4,14,16-18H2,1H3. The highest BCUT2D eigenvalue weighted by molar-refractivity contribution is 6.30. The van der Waals surface area contributed by atoms with Gasteiger partial charge in [0.05, 0.1) is 0 Å². The monoisotopic (exact) mass is 458 g/mol. The number of allylic oxidation sites excluding steroid dienone is 4. The molecule has 33 heavy (non-hydrogen) atoms. The van der Waals surface area contributed by atoms with E-state index in [1.54, 1.807) is 13.3 Å².